The van der Waals surface area contributed by atoms with Crippen molar-refractivity contribution in [2.24, 2.45) is 0 Å². The highest BCUT2D eigenvalue weighted by atomic mass is 79.9. The number of sulfone groups is 1. The average molecular weight is 363 g/mol. The van der Waals surface area contributed by atoms with Crippen molar-refractivity contribution >= 4 is 31.7 Å². The van der Waals surface area contributed by atoms with Gasteiger partial charge in [-0.1, -0.05) is 0 Å². The minimum atomic E-state index is -3.00. The predicted molar refractivity (Wildman–Crippen MR) is 81.7 cm³/mol. The third-order valence-electron chi connectivity index (χ3n) is 3.43. The highest BCUT2D eigenvalue weighted by molar-refractivity contribution is 9.10. The number of hydrogen-bond acceptors (Lipinski definition) is 3. The molecule has 1 aromatic heterocycles. The number of carbonyl (C=O) groups excluding carboxylic acids is 1. The second-order valence-corrected chi connectivity index (χ2v) is 8.56. The molecule has 1 fully saturated rings. The lowest BCUT2D eigenvalue weighted by atomic mass is 10.3. The average Bonchev–Trinajstić information content (AvgIpc) is 2.65. The van der Waals surface area contributed by atoms with E-state index in [9.17, 15) is 13.2 Å². The van der Waals surface area contributed by atoms with Crippen molar-refractivity contribution < 1.29 is 13.2 Å². The largest absolute Gasteiger partial charge is 0.340 e. The third-order valence-corrected chi connectivity index (χ3v) is 5.58. The Morgan fingerprint density at radius 2 is 2.00 bits per heavy atom. The first-order valence-electron chi connectivity index (χ1n) is 6.67. The maximum absolute atomic E-state index is 12.6. The van der Waals surface area contributed by atoms with Gasteiger partial charge < -0.3 is 9.47 Å². The summed E-state index contributed by atoms with van der Waals surface area (Å²) in [7, 11) is -3.00. The van der Waals surface area contributed by atoms with E-state index in [1.54, 1.807) is 11.0 Å². The van der Waals surface area contributed by atoms with E-state index < -0.39 is 9.84 Å². The van der Waals surface area contributed by atoms with Crippen molar-refractivity contribution in [1.82, 2.24) is 9.47 Å². The molecule has 5 nitrogen and oxygen atoms in total. The van der Waals surface area contributed by atoms with Crippen LogP contribution in [0.3, 0.4) is 0 Å². The summed E-state index contributed by atoms with van der Waals surface area (Å²) in [6.45, 7) is 4.80. The molecule has 1 aliphatic heterocycles. The first kappa shape index (κ1) is 15.6. The Hall–Kier alpha value is -0.820. The molecule has 0 aromatic carbocycles. The number of halogens is 1. The summed E-state index contributed by atoms with van der Waals surface area (Å²) in [6, 6.07) is 1.97. The molecule has 0 aliphatic carbocycles. The van der Waals surface area contributed by atoms with Crippen molar-refractivity contribution in [3.05, 3.63) is 22.4 Å². The summed E-state index contributed by atoms with van der Waals surface area (Å²) < 4.78 is 26.0. The fourth-order valence-electron chi connectivity index (χ4n) is 2.35. The van der Waals surface area contributed by atoms with Gasteiger partial charge in [-0.3, -0.25) is 4.79 Å². The molecule has 2 heterocycles. The van der Waals surface area contributed by atoms with Crippen LogP contribution in [-0.4, -0.2) is 48.4 Å². The van der Waals surface area contributed by atoms with Crippen LogP contribution in [0.5, 0.6) is 0 Å². The summed E-state index contributed by atoms with van der Waals surface area (Å²) in [6.07, 6.45) is 2.39. The minimum absolute atomic E-state index is 0.0578. The molecule has 1 saturated heterocycles. The Bertz CT molecular complexity index is 607. The van der Waals surface area contributed by atoms with Crippen molar-refractivity contribution in [2.45, 2.75) is 26.3 Å². The normalized spacial score (nSPS) is 19.1. The molecule has 1 amide bonds. The van der Waals surface area contributed by atoms with Crippen molar-refractivity contribution in [2.75, 3.05) is 24.6 Å². The van der Waals surface area contributed by atoms with E-state index >= 15 is 0 Å². The molecular formula is C13H19BrN2O3S. The fourth-order valence-corrected chi connectivity index (χ4v) is 4.06. The van der Waals surface area contributed by atoms with E-state index in [-0.39, 0.29) is 30.0 Å². The molecule has 7 heteroatoms. The Morgan fingerprint density at radius 1 is 1.30 bits per heavy atom. The molecule has 0 saturated carbocycles. The van der Waals surface area contributed by atoms with Gasteiger partial charge in [0.15, 0.2) is 9.84 Å². The van der Waals surface area contributed by atoms with Gasteiger partial charge in [0.25, 0.3) is 5.91 Å². The molecule has 2 rings (SSSR count). The smallest absolute Gasteiger partial charge is 0.270 e. The van der Waals surface area contributed by atoms with Crippen LogP contribution in [0, 0.1) is 0 Å². The quantitative estimate of drug-likeness (QED) is 0.809. The molecule has 20 heavy (non-hydrogen) atoms. The Balaban J connectivity index is 2.23. The lowest BCUT2D eigenvalue weighted by Gasteiger charge is -2.21. The topological polar surface area (TPSA) is 59.4 Å². The molecule has 0 radical (unpaired) electrons. The third kappa shape index (κ3) is 3.44. The SMILES string of the molecule is CC(C)n1cc(Br)cc1C(=O)N1CCCS(=O)(=O)CC1. The Morgan fingerprint density at radius 3 is 2.65 bits per heavy atom. The van der Waals surface area contributed by atoms with E-state index in [0.717, 1.165) is 4.47 Å². The second kappa shape index (κ2) is 5.89. The van der Waals surface area contributed by atoms with Gasteiger partial charge in [-0.05, 0) is 42.3 Å². The highest BCUT2D eigenvalue weighted by Crippen LogP contribution is 2.21. The summed E-state index contributed by atoms with van der Waals surface area (Å²) in [5.41, 5.74) is 0.603. The Kier molecular flexibility index (Phi) is 4.59. The van der Waals surface area contributed by atoms with Gasteiger partial charge in [0.2, 0.25) is 0 Å². The molecule has 0 bridgehead atoms. The molecule has 0 N–H and O–H groups in total. The molecule has 112 valence electrons. The maximum Gasteiger partial charge on any atom is 0.270 e. The zero-order chi connectivity index (χ0) is 14.9. The van der Waals surface area contributed by atoms with Crippen LogP contribution in [0.15, 0.2) is 16.7 Å². The summed E-state index contributed by atoms with van der Waals surface area (Å²) in [4.78, 5) is 14.2. The first-order valence-corrected chi connectivity index (χ1v) is 9.28. The number of hydrogen-bond donors (Lipinski definition) is 0. The van der Waals surface area contributed by atoms with Crippen LogP contribution < -0.4 is 0 Å². The molecule has 1 aliphatic rings. The second-order valence-electron chi connectivity index (χ2n) is 5.34. The van der Waals surface area contributed by atoms with Crippen molar-refractivity contribution in [1.29, 1.82) is 0 Å². The Labute approximate surface area is 128 Å². The summed E-state index contributed by atoms with van der Waals surface area (Å²) >= 11 is 3.39. The molecule has 0 unspecified atom stereocenters. The standard InChI is InChI=1S/C13H19BrN2O3S/c1-10(2)16-9-11(14)8-12(16)13(17)15-4-3-6-20(18,19)7-5-15/h8-10H,3-7H2,1-2H3. The van der Waals surface area contributed by atoms with E-state index in [2.05, 4.69) is 15.9 Å². The number of nitrogens with zero attached hydrogens (tertiary/aromatic N) is 2. The van der Waals surface area contributed by atoms with Crippen molar-refractivity contribution in [3.8, 4) is 0 Å². The fraction of sp³-hybridized carbons (Fsp3) is 0.615. The monoisotopic (exact) mass is 362 g/mol. The lowest BCUT2D eigenvalue weighted by molar-refractivity contribution is 0.0756. The molecule has 0 spiro atoms. The molecule has 0 atom stereocenters. The van der Waals surface area contributed by atoms with Crippen LogP contribution in [0.25, 0.3) is 0 Å². The van der Waals surface area contributed by atoms with Crippen molar-refractivity contribution in [3.63, 3.8) is 0 Å². The zero-order valence-electron chi connectivity index (χ0n) is 11.7. The van der Waals surface area contributed by atoms with Crippen LogP contribution in [0.1, 0.15) is 36.8 Å². The van der Waals surface area contributed by atoms with Gasteiger partial charge in [-0.25, -0.2) is 8.42 Å². The predicted octanol–water partition coefficient (Wildman–Crippen LogP) is 2.09. The van der Waals surface area contributed by atoms with Crippen LogP contribution >= 0.6 is 15.9 Å². The van der Waals surface area contributed by atoms with E-state index in [1.165, 1.54) is 0 Å². The molecular weight excluding hydrogens is 344 g/mol. The van der Waals surface area contributed by atoms with Gasteiger partial charge >= 0.3 is 0 Å². The van der Waals surface area contributed by atoms with E-state index in [4.69, 9.17) is 0 Å². The summed E-state index contributed by atoms with van der Waals surface area (Å²) in [5, 5.41) is 0. The van der Waals surface area contributed by atoms with Crippen LogP contribution in [-0.2, 0) is 9.84 Å². The van der Waals surface area contributed by atoms with Gasteiger partial charge in [0.1, 0.15) is 5.69 Å². The molecule has 1 aromatic rings. The maximum atomic E-state index is 12.6. The van der Waals surface area contributed by atoms with E-state index in [0.29, 0.717) is 18.7 Å². The number of aromatic nitrogens is 1. The zero-order valence-corrected chi connectivity index (χ0v) is 14.1. The number of carbonyl (C=O) groups is 1. The van der Waals surface area contributed by atoms with Gasteiger partial charge in [-0.2, -0.15) is 0 Å². The lowest BCUT2D eigenvalue weighted by Crippen LogP contribution is -2.35. The van der Waals surface area contributed by atoms with Crippen LogP contribution in [0.2, 0.25) is 0 Å². The summed E-state index contributed by atoms with van der Waals surface area (Å²) in [5.74, 6) is 0.134. The van der Waals surface area contributed by atoms with Gasteiger partial charge in [0.05, 0.1) is 11.5 Å². The van der Waals surface area contributed by atoms with E-state index in [1.807, 2.05) is 24.6 Å². The van der Waals surface area contributed by atoms with Gasteiger partial charge in [-0.15, -0.1) is 0 Å². The number of rotatable bonds is 2. The first-order chi connectivity index (χ1) is 9.30. The van der Waals surface area contributed by atoms with Gasteiger partial charge in [0, 0.05) is 29.8 Å². The number of amides is 1. The van der Waals surface area contributed by atoms with Crippen LogP contribution in [0.4, 0.5) is 0 Å². The highest BCUT2D eigenvalue weighted by Gasteiger charge is 2.25. The minimum Gasteiger partial charge on any atom is -0.340 e.